The van der Waals surface area contributed by atoms with E-state index in [0.717, 1.165) is 12.8 Å². The Labute approximate surface area is 201 Å². The molecule has 2 fully saturated rings. The largest absolute Gasteiger partial charge is 0.480 e. The molecule has 9 heteroatoms. The Bertz CT molecular complexity index is 846. The minimum Gasteiger partial charge on any atom is -0.480 e. The molecule has 0 saturated carbocycles. The highest BCUT2D eigenvalue weighted by molar-refractivity contribution is 5.93. The zero-order valence-electron chi connectivity index (χ0n) is 20.6. The van der Waals surface area contributed by atoms with Gasteiger partial charge >= 0.3 is 12.1 Å². The van der Waals surface area contributed by atoms with Crippen LogP contribution in [-0.2, 0) is 19.1 Å². The highest BCUT2D eigenvalue weighted by Crippen LogP contribution is 2.24. The van der Waals surface area contributed by atoms with Gasteiger partial charge in [0, 0.05) is 38.3 Å². The average molecular weight is 476 g/mol. The first-order chi connectivity index (χ1) is 15.9. The molecule has 0 radical (unpaired) electrons. The van der Waals surface area contributed by atoms with Crippen molar-refractivity contribution in [3.8, 4) is 12.3 Å². The monoisotopic (exact) mass is 475 g/mol. The van der Waals surface area contributed by atoms with Crippen LogP contribution in [0.25, 0.3) is 0 Å². The molecule has 0 unspecified atom stereocenters. The van der Waals surface area contributed by atoms with Crippen LogP contribution in [0.5, 0.6) is 0 Å². The molecule has 0 aliphatic carbocycles. The number of amides is 3. The number of terminal acetylenes is 1. The number of carboxylic acids is 1. The fourth-order valence-corrected chi connectivity index (χ4v) is 4.19. The van der Waals surface area contributed by atoms with E-state index in [1.165, 1.54) is 0 Å². The van der Waals surface area contributed by atoms with E-state index in [1.54, 1.807) is 16.7 Å². The summed E-state index contributed by atoms with van der Waals surface area (Å²) in [6.45, 7) is 9.22. The number of allylic oxidation sites excluding steroid dienone is 1. The fourth-order valence-electron chi connectivity index (χ4n) is 4.19. The zero-order chi connectivity index (χ0) is 25.5. The molecule has 34 heavy (non-hydrogen) atoms. The number of carbonyl (C=O) groups is 4. The lowest BCUT2D eigenvalue weighted by molar-refractivity contribution is -0.139. The molecule has 3 amide bonds. The Morgan fingerprint density at radius 2 is 1.79 bits per heavy atom. The lowest BCUT2D eigenvalue weighted by Crippen LogP contribution is -2.46. The quantitative estimate of drug-likeness (QED) is 0.450. The number of hydrogen-bond donors (Lipinski definition) is 2. The lowest BCUT2D eigenvalue weighted by Gasteiger charge is -2.34. The van der Waals surface area contributed by atoms with Crippen LogP contribution in [0.2, 0.25) is 0 Å². The van der Waals surface area contributed by atoms with Gasteiger partial charge < -0.3 is 25.0 Å². The van der Waals surface area contributed by atoms with Crippen molar-refractivity contribution in [1.82, 2.24) is 15.1 Å². The molecule has 2 aliphatic heterocycles. The van der Waals surface area contributed by atoms with E-state index in [0.29, 0.717) is 44.6 Å². The minimum absolute atomic E-state index is 0.0980. The van der Waals surface area contributed by atoms with Gasteiger partial charge in [0.25, 0.3) is 0 Å². The van der Waals surface area contributed by atoms with Crippen molar-refractivity contribution >= 4 is 23.9 Å². The number of nitrogens with zero attached hydrogens (tertiary/aromatic N) is 2. The summed E-state index contributed by atoms with van der Waals surface area (Å²) >= 11 is 0. The summed E-state index contributed by atoms with van der Waals surface area (Å²) < 4.78 is 5.43. The third-order valence-electron chi connectivity index (χ3n) is 6.07. The molecule has 2 rings (SSSR count). The van der Waals surface area contributed by atoms with Gasteiger partial charge in [-0.2, -0.15) is 0 Å². The van der Waals surface area contributed by atoms with Gasteiger partial charge in [0.15, 0.2) is 0 Å². The molecule has 2 saturated heterocycles. The summed E-state index contributed by atoms with van der Waals surface area (Å²) in [5, 5.41) is 11.6. The minimum atomic E-state index is -1.15. The first-order valence-electron chi connectivity index (χ1n) is 11.8. The van der Waals surface area contributed by atoms with Crippen LogP contribution in [0.15, 0.2) is 11.6 Å². The van der Waals surface area contributed by atoms with E-state index in [9.17, 15) is 19.2 Å². The smallest absolute Gasteiger partial charge is 0.410 e. The molecule has 0 aromatic rings. The Balaban J connectivity index is 1.87. The maximum absolute atomic E-state index is 13.0. The van der Waals surface area contributed by atoms with Crippen LogP contribution in [0.4, 0.5) is 4.79 Å². The summed E-state index contributed by atoms with van der Waals surface area (Å²) in [6.07, 6.45) is 9.71. The van der Waals surface area contributed by atoms with Crippen LogP contribution in [0.3, 0.4) is 0 Å². The summed E-state index contributed by atoms with van der Waals surface area (Å²) in [4.78, 5) is 52.2. The predicted octanol–water partition coefficient (Wildman–Crippen LogP) is 2.27. The highest BCUT2D eigenvalue weighted by atomic mass is 16.6. The van der Waals surface area contributed by atoms with Crippen LogP contribution >= 0.6 is 0 Å². The Kier molecular flexibility index (Phi) is 9.54. The van der Waals surface area contributed by atoms with E-state index in [4.69, 9.17) is 16.3 Å². The molecule has 0 bridgehead atoms. The van der Waals surface area contributed by atoms with E-state index < -0.39 is 23.4 Å². The van der Waals surface area contributed by atoms with Crippen molar-refractivity contribution in [3.05, 3.63) is 11.6 Å². The van der Waals surface area contributed by atoms with Crippen LogP contribution in [0.1, 0.15) is 53.4 Å². The van der Waals surface area contributed by atoms with Crippen LogP contribution < -0.4 is 5.32 Å². The van der Waals surface area contributed by atoms with Gasteiger partial charge in [-0.25, -0.2) is 4.79 Å². The van der Waals surface area contributed by atoms with Crippen molar-refractivity contribution in [2.45, 2.75) is 59.0 Å². The number of hydrogen-bond acceptors (Lipinski definition) is 5. The van der Waals surface area contributed by atoms with Crippen LogP contribution in [-0.4, -0.2) is 77.1 Å². The zero-order valence-corrected chi connectivity index (χ0v) is 20.6. The van der Waals surface area contributed by atoms with Gasteiger partial charge in [-0.15, -0.1) is 6.42 Å². The number of rotatable bonds is 6. The molecule has 2 heterocycles. The van der Waals surface area contributed by atoms with E-state index in [2.05, 4.69) is 11.2 Å². The van der Waals surface area contributed by atoms with E-state index >= 15 is 0 Å². The number of likely N-dealkylation sites (tertiary alicyclic amines) is 2. The van der Waals surface area contributed by atoms with Crippen molar-refractivity contribution < 1.29 is 29.0 Å². The van der Waals surface area contributed by atoms with E-state index in [1.807, 2.05) is 26.8 Å². The topological polar surface area (TPSA) is 116 Å². The van der Waals surface area contributed by atoms with Gasteiger partial charge in [-0.05, 0) is 59.3 Å². The van der Waals surface area contributed by atoms with Gasteiger partial charge in [0.1, 0.15) is 11.5 Å². The molecule has 2 aliphatic rings. The third kappa shape index (κ3) is 8.08. The van der Waals surface area contributed by atoms with Crippen molar-refractivity contribution in [2.24, 2.45) is 17.8 Å². The average Bonchev–Trinajstić information content (AvgIpc) is 2.78. The summed E-state index contributed by atoms with van der Waals surface area (Å²) in [5.41, 5.74) is 0.106. The molecule has 188 valence electrons. The SMILES string of the molecule is C#C[C@@H](CNC(=O)[C@@H]1CCCN(C(=O)/C(C)=C/C2CCN(C(=O)OC(C)(C)C)CC2)C1)C(=O)O. The van der Waals surface area contributed by atoms with E-state index in [-0.39, 0.29) is 30.4 Å². The third-order valence-corrected chi connectivity index (χ3v) is 6.07. The summed E-state index contributed by atoms with van der Waals surface area (Å²) in [5.74, 6) is -0.656. The second-order valence-electron chi connectivity index (χ2n) is 10.0. The normalized spacial score (nSPS) is 20.8. The van der Waals surface area contributed by atoms with Gasteiger partial charge in [0.2, 0.25) is 11.8 Å². The first-order valence-corrected chi connectivity index (χ1v) is 11.8. The van der Waals surface area contributed by atoms with Gasteiger partial charge in [0.05, 0.1) is 5.92 Å². The maximum Gasteiger partial charge on any atom is 0.410 e. The molecule has 0 aromatic heterocycles. The molecule has 0 spiro atoms. The Hall–Kier alpha value is -3.02. The number of piperidine rings is 2. The number of nitrogens with one attached hydrogen (secondary N) is 1. The number of aliphatic carboxylic acids is 1. The summed E-state index contributed by atoms with van der Waals surface area (Å²) in [7, 11) is 0. The molecule has 0 aromatic carbocycles. The lowest BCUT2D eigenvalue weighted by atomic mass is 9.93. The van der Waals surface area contributed by atoms with Gasteiger partial charge in [-0.3, -0.25) is 14.4 Å². The summed E-state index contributed by atoms with van der Waals surface area (Å²) in [6, 6.07) is 0. The standard InChI is InChI=1S/C25H37N3O6/c1-6-19(23(31)32)15-26-21(29)20-8-7-11-28(16-20)22(30)17(2)14-18-9-12-27(13-10-18)24(33)34-25(3,4)5/h1,14,18-20H,7-13,15-16H2,2-5H3,(H,26,29)(H,31,32)/b17-14+/t19-,20+/m0/s1. The Morgan fingerprint density at radius 3 is 2.35 bits per heavy atom. The van der Waals surface area contributed by atoms with Gasteiger partial charge in [-0.1, -0.05) is 12.0 Å². The second kappa shape index (κ2) is 11.9. The van der Waals surface area contributed by atoms with Crippen molar-refractivity contribution in [2.75, 3.05) is 32.7 Å². The number of carbonyl (C=O) groups excluding carboxylic acids is 3. The van der Waals surface area contributed by atoms with Crippen LogP contribution in [0, 0.1) is 30.1 Å². The highest BCUT2D eigenvalue weighted by Gasteiger charge is 2.31. The van der Waals surface area contributed by atoms with Crippen molar-refractivity contribution in [1.29, 1.82) is 0 Å². The molecule has 2 atom stereocenters. The molecule has 2 N–H and O–H groups in total. The molecular formula is C25H37N3O6. The fraction of sp³-hybridized carbons (Fsp3) is 0.680. The first kappa shape index (κ1) is 27.2. The predicted molar refractivity (Wildman–Crippen MR) is 127 cm³/mol. The number of carboxylic acid groups (broad SMARTS) is 1. The Morgan fingerprint density at radius 1 is 1.15 bits per heavy atom. The maximum atomic E-state index is 13.0. The number of ether oxygens (including phenoxy) is 1. The molecular weight excluding hydrogens is 438 g/mol. The second-order valence-corrected chi connectivity index (χ2v) is 10.0. The molecule has 9 nitrogen and oxygen atoms in total. The van der Waals surface area contributed by atoms with Crippen molar-refractivity contribution in [3.63, 3.8) is 0 Å².